The molecule has 0 bridgehead atoms. The molecular formula is C9H11F2NO2S. The van der Waals surface area contributed by atoms with Gasteiger partial charge in [0.1, 0.15) is 11.6 Å². The molecule has 1 unspecified atom stereocenters. The molecular weight excluding hydrogens is 224 g/mol. The second kappa shape index (κ2) is 4.24. The van der Waals surface area contributed by atoms with E-state index in [4.69, 9.17) is 0 Å². The normalized spacial score (nSPS) is 13.9. The van der Waals surface area contributed by atoms with Crippen LogP contribution in [-0.4, -0.2) is 15.5 Å². The predicted molar refractivity (Wildman–Crippen MR) is 52.8 cm³/mol. The van der Waals surface area contributed by atoms with Crippen molar-refractivity contribution in [3.8, 4) is 0 Å². The van der Waals surface area contributed by atoms with Gasteiger partial charge in [-0.1, -0.05) is 0 Å². The SMILES string of the molecule is CNS(=O)(=O)C(C)c1cc(F)cc(F)c1. The summed E-state index contributed by atoms with van der Waals surface area (Å²) in [5.41, 5.74) is 0.0850. The third kappa shape index (κ3) is 2.73. The number of hydrogen-bond donors (Lipinski definition) is 1. The van der Waals surface area contributed by atoms with E-state index in [1.165, 1.54) is 14.0 Å². The van der Waals surface area contributed by atoms with Gasteiger partial charge in [-0.25, -0.2) is 21.9 Å². The zero-order chi connectivity index (χ0) is 11.6. The maximum absolute atomic E-state index is 12.8. The molecule has 0 aromatic heterocycles. The van der Waals surface area contributed by atoms with Gasteiger partial charge >= 0.3 is 0 Å². The Morgan fingerprint density at radius 2 is 1.67 bits per heavy atom. The van der Waals surface area contributed by atoms with Gasteiger partial charge in [-0.2, -0.15) is 0 Å². The van der Waals surface area contributed by atoms with Gasteiger partial charge in [0.25, 0.3) is 0 Å². The summed E-state index contributed by atoms with van der Waals surface area (Å²) in [6.07, 6.45) is 0. The molecule has 0 amide bonds. The number of halogens is 2. The van der Waals surface area contributed by atoms with Crippen LogP contribution in [0.3, 0.4) is 0 Å². The fourth-order valence-electron chi connectivity index (χ4n) is 1.17. The van der Waals surface area contributed by atoms with Gasteiger partial charge in [-0.3, -0.25) is 0 Å². The van der Waals surface area contributed by atoms with E-state index in [0.717, 1.165) is 12.1 Å². The number of rotatable bonds is 3. The Hall–Kier alpha value is -1.01. The van der Waals surface area contributed by atoms with E-state index in [2.05, 4.69) is 4.72 Å². The average Bonchev–Trinajstić information content (AvgIpc) is 2.15. The van der Waals surface area contributed by atoms with Crippen molar-refractivity contribution in [1.29, 1.82) is 0 Å². The van der Waals surface area contributed by atoms with Crippen LogP contribution in [0.1, 0.15) is 17.7 Å². The van der Waals surface area contributed by atoms with Crippen molar-refractivity contribution in [1.82, 2.24) is 4.72 Å². The summed E-state index contributed by atoms with van der Waals surface area (Å²) in [4.78, 5) is 0. The maximum Gasteiger partial charge on any atom is 0.218 e. The fourth-order valence-corrected chi connectivity index (χ4v) is 2.01. The van der Waals surface area contributed by atoms with Crippen LogP contribution < -0.4 is 4.72 Å². The van der Waals surface area contributed by atoms with Gasteiger partial charge in [0.15, 0.2) is 0 Å². The lowest BCUT2D eigenvalue weighted by molar-refractivity contribution is 0.569. The van der Waals surface area contributed by atoms with Gasteiger partial charge in [0, 0.05) is 6.07 Å². The van der Waals surface area contributed by atoms with Gasteiger partial charge in [-0.15, -0.1) is 0 Å². The monoisotopic (exact) mass is 235 g/mol. The molecule has 0 saturated carbocycles. The Morgan fingerprint density at radius 1 is 1.20 bits per heavy atom. The molecule has 6 heteroatoms. The smallest absolute Gasteiger partial charge is 0.218 e. The lowest BCUT2D eigenvalue weighted by Crippen LogP contribution is -2.24. The van der Waals surface area contributed by atoms with Crippen LogP contribution in [0.2, 0.25) is 0 Å². The van der Waals surface area contributed by atoms with E-state index in [9.17, 15) is 17.2 Å². The summed E-state index contributed by atoms with van der Waals surface area (Å²) in [6, 6.07) is 2.70. The van der Waals surface area contributed by atoms with Crippen molar-refractivity contribution in [2.75, 3.05) is 7.05 Å². The molecule has 84 valence electrons. The third-order valence-electron chi connectivity index (χ3n) is 2.10. The Balaban J connectivity index is 3.17. The van der Waals surface area contributed by atoms with E-state index >= 15 is 0 Å². The summed E-state index contributed by atoms with van der Waals surface area (Å²) < 4.78 is 50.5. The van der Waals surface area contributed by atoms with Crippen LogP contribution >= 0.6 is 0 Å². The van der Waals surface area contributed by atoms with E-state index in [-0.39, 0.29) is 5.56 Å². The molecule has 0 spiro atoms. The molecule has 0 fully saturated rings. The first-order valence-corrected chi connectivity index (χ1v) is 5.80. The Morgan fingerprint density at radius 3 is 2.07 bits per heavy atom. The first-order valence-electron chi connectivity index (χ1n) is 4.25. The molecule has 0 aliphatic rings. The zero-order valence-electron chi connectivity index (χ0n) is 8.29. The lowest BCUT2D eigenvalue weighted by Gasteiger charge is -2.12. The molecule has 1 rings (SSSR count). The number of sulfonamides is 1. The highest BCUT2D eigenvalue weighted by Crippen LogP contribution is 2.22. The molecule has 0 aliphatic carbocycles. The van der Waals surface area contributed by atoms with E-state index in [1.807, 2.05) is 0 Å². The average molecular weight is 235 g/mol. The Kier molecular flexibility index (Phi) is 3.41. The summed E-state index contributed by atoms with van der Waals surface area (Å²) in [6.45, 7) is 1.36. The maximum atomic E-state index is 12.8. The van der Waals surface area contributed by atoms with Gasteiger partial charge in [0.2, 0.25) is 10.0 Å². The highest BCUT2D eigenvalue weighted by Gasteiger charge is 2.21. The van der Waals surface area contributed by atoms with E-state index in [1.54, 1.807) is 0 Å². The lowest BCUT2D eigenvalue weighted by atomic mass is 10.1. The number of hydrogen-bond acceptors (Lipinski definition) is 2. The van der Waals surface area contributed by atoms with Crippen molar-refractivity contribution < 1.29 is 17.2 Å². The van der Waals surface area contributed by atoms with Crippen molar-refractivity contribution in [3.05, 3.63) is 35.4 Å². The van der Waals surface area contributed by atoms with E-state index < -0.39 is 26.9 Å². The molecule has 1 aromatic carbocycles. The molecule has 1 aromatic rings. The predicted octanol–water partition coefficient (Wildman–Crippen LogP) is 1.57. The fraction of sp³-hybridized carbons (Fsp3) is 0.333. The second-order valence-corrected chi connectivity index (χ2v) is 5.30. The molecule has 0 heterocycles. The second-order valence-electron chi connectivity index (χ2n) is 3.09. The van der Waals surface area contributed by atoms with Crippen molar-refractivity contribution in [2.24, 2.45) is 0 Å². The van der Waals surface area contributed by atoms with E-state index in [0.29, 0.717) is 6.07 Å². The van der Waals surface area contributed by atoms with Gasteiger partial charge in [-0.05, 0) is 31.7 Å². The van der Waals surface area contributed by atoms with Gasteiger partial charge in [0.05, 0.1) is 5.25 Å². The highest BCUT2D eigenvalue weighted by atomic mass is 32.2. The highest BCUT2D eigenvalue weighted by molar-refractivity contribution is 7.89. The first-order chi connectivity index (χ1) is 6.86. The van der Waals surface area contributed by atoms with Crippen molar-refractivity contribution in [3.63, 3.8) is 0 Å². The summed E-state index contributed by atoms with van der Waals surface area (Å²) >= 11 is 0. The molecule has 0 radical (unpaired) electrons. The largest absolute Gasteiger partial charge is 0.218 e. The van der Waals surface area contributed by atoms with Crippen molar-refractivity contribution >= 4 is 10.0 Å². The molecule has 0 aliphatic heterocycles. The molecule has 1 N–H and O–H groups in total. The minimum absolute atomic E-state index is 0.0850. The summed E-state index contributed by atoms with van der Waals surface area (Å²) in [5.74, 6) is -1.58. The third-order valence-corrected chi connectivity index (χ3v) is 3.88. The van der Waals surface area contributed by atoms with Crippen molar-refractivity contribution in [2.45, 2.75) is 12.2 Å². The number of benzene rings is 1. The quantitative estimate of drug-likeness (QED) is 0.864. The Labute approximate surface area is 87.2 Å². The zero-order valence-corrected chi connectivity index (χ0v) is 9.11. The van der Waals surface area contributed by atoms with Crippen LogP contribution in [0.15, 0.2) is 18.2 Å². The summed E-state index contributed by atoms with van der Waals surface area (Å²) in [7, 11) is -2.32. The molecule has 15 heavy (non-hydrogen) atoms. The minimum atomic E-state index is -3.57. The first kappa shape index (κ1) is 12.1. The number of nitrogens with one attached hydrogen (secondary N) is 1. The van der Waals surface area contributed by atoms with Crippen LogP contribution in [-0.2, 0) is 10.0 Å². The molecule has 0 saturated heterocycles. The standard InChI is InChI=1S/C9H11F2NO2S/c1-6(15(13,14)12-2)7-3-8(10)5-9(11)4-7/h3-6,12H,1-2H3. The summed E-state index contributed by atoms with van der Waals surface area (Å²) in [5, 5.41) is -0.993. The van der Waals surface area contributed by atoms with Crippen LogP contribution in [0.5, 0.6) is 0 Å². The van der Waals surface area contributed by atoms with Crippen LogP contribution in [0, 0.1) is 11.6 Å². The molecule has 1 atom stereocenters. The Bertz CT molecular complexity index is 439. The van der Waals surface area contributed by atoms with Crippen LogP contribution in [0.4, 0.5) is 8.78 Å². The topological polar surface area (TPSA) is 46.2 Å². The minimum Gasteiger partial charge on any atom is -0.218 e. The van der Waals surface area contributed by atoms with Crippen LogP contribution in [0.25, 0.3) is 0 Å². The van der Waals surface area contributed by atoms with Gasteiger partial charge < -0.3 is 0 Å². The molecule has 3 nitrogen and oxygen atoms in total.